The summed E-state index contributed by atoms with van der Waals surface area (Å²) in [5.41, 5.74) is 0.949. The zero-order chi connectivity index (χ0) is 13.3. The predicted molar refractivity (Wildman–Crippen MR) is 71.0 cm³/mol. The Morgan fingerprint density at radius 3 is 2.56 bits per heavy atom. The molecule has 2 rings (SSSR count). The van der Waals surface area contributed by atoms with E-state index in [0.29, 0.717) is 5.15 Å². The Morgan fingerprint density at radius 1 is 1.28 bits per heavy atom. The van der Waals surface area contributed by atoms with Crippen LogP contribution in [-0.4, -0.2) is 24.7 Å². The van der Waals surface area contributed by atoms with Crippen LogP contribution >= 0.6 is 23.4 Å². The molecule has 18 heavy (non-hydrogen) atoms. The maximum absolute atomic E-state index is 6.13. The smallest absolute Gasteiger partial charge is 0.197 e. The lowest BCUT2D eigenvalue weighted by atomic mass is 10.1. The molecular weight excluding hydrogens is 270 g/mol. The summed E-state index contributed by atoms with van der Waals surface area (Å²) in [5, 5.41) is 10.3. The van der Waals surface area contributed by atoms with Crippen molar-refractivity contribution in [3.05, 3.63) is 22.9 Å². The third kappa shape index (κ3) is 2.49. The average molecular weight is 284 g/mol. The first-order chi connectivity index (χ1) is 8.50. The van der Waals surface area contributed by atoms with Gasteiger partial charge in [-0.05, 0) is 24.6 Å². The van der Waals surface area contributed by atoms with Crippen molar-refractivity contribution in [3.63, 3.8) is 0 Å². The number of nitrogens with zero attached hydrogens (tertiary/aromatic N) is 5. The van der Waals surface area contributed by atoms with Gasteiger partial charge in [-0.3, -0.25) is 0 Å². The predicted octanol–water partition coefficient (Wildman–Crippen LogP) is 2.84. The van der Waals surface area contributed by atoms with Gasteiger partial charge in [0, 0.05) is 12.6 Å². The highest BCUT2D eigenvalue weighted by atomic mass is 35.5. The standard InChI is InChI=1S/C11H14ClN5S/c1-6(2)8-9(12)13-5-14-10(8)18-11-16-15-7(3)17(11)4/h5-6H,1-4H3. The van der Waals surface area contributed by atoms with Crippen molar-refractivity contribution in [1.29, 1.82) is 0 Å². The second-order valence-corrected chi connectivity index (χ2v) is 5.54. The maximum Gasteiger partial charge on any atom is 0.197 e. The minimum absolute atomic E-state index is 0.260. The van der Waals surface area contributed by atoms with Gasteiger partial charge in [0.1, 0.15) is 22.3 Å². The molecule has 0 aliphatic heterocycles. The van der Waals surface area contributed by atoms with Crippen LogP contribution in [0.5, 0.6) is 0 Å². The van der Waals surface area contributed by atoms with Crippen molar-refractivity contribution < 1.29 is 0 Å². The number of hydrogen-bond donors (Lipinski definition) is 0. The van der Waals surface area contributed by atoms with E-state index in [1.54, 1.807) is 0 Å². The lowest BCUT2D eigenvalue weighted by molar-refractivity contribution is 0.758. The Bertz CT molecular complexity index is 567. The van der Waals surface area contributed by atoms with E-state index in [-0.39, 0.29) is 5.92 Å². The topological polar surface area (TPSA) is 56.5 Å². The monoisotopic (exact) mass is 283 g/mol. The SMILES string of the molecule is Cc1nnc(Sc2ncnc(Cl)c2C(C)C)n1C. The van der Waals surface area contributed by atoms with E-state index in [1.807, 2.05) is 18.5 Å². The van der Waals surface area contributed by atoms with Crippen LogP contribution in [0.1, 0.15) is 31.2 Å². The number of hydrogen-bond acceptors (Lipinski definition) is 5. The third-order valence-electron chi connectivity index (χ3n) is 2.62. The molecule has 2 heterocycles. The molecule has 0 N–H and O–H groups in total. The first kappa shape index (κ1) is 13.3. The molecule has 0 atom stereocenters. The summed E-state index contributed by atoms with van der Waals surface area (Å²) in [6.45, 7) is 6.04. The Kier molecular flexibility index (Phi) is 3.87. The van der Waals surface area contributed by atoms with E-state index >= 15 is 0 Å². The number of rotatable bonds is 3. The van der Waals surface area contributed by atoms with E-state index in [4.69, 9.17) is 11.6 Å². The zero-order valence-electron chi connectivity index (χ0n) is 10.7. The highest BCUT2D eigenvalue weighted by Gasteiger charge is 2.17. The molecule has 96 valence electrons. The van der Waals surface area contributed by atoms with Crippen LogP contribution < -0.4 is 0 Å². The Hall–Kier alpha value is -1.14. The fourth-order valence-electron chi connectivity index (χ4n) is 1.49. The number of aromatic nitrogens is 5. The highest BCUT2D eigenvalue weighted by Crippen LogP contribution is 2.34. The molecular formula is C11H14ClN5S. The van der Waals surface area contributed by atoms with Gasteiger partial charge in [0.25, 0.3) is 0 Å². The van der Waals surface area contributed by atoms with Crippen LogP contribution in [-0.2, 0) is 7.05 Å². The van der Waals surface area contributed by atoms with Gasteiger partial charge in [0.05, 0.1) is 0 Å². The fraction of sp³-hybridized carbons (Fsp3) is 0.455. The zero-order valence-corrected chi connectivity index (χ0v) is 12.2. The second kappa shape index (κ2) is 5.24. The van der Waals surface area contributed by atoms with Gasteiger partial charge >= 0.3 is 0 Å². The first-order valence-electron chi connectivity index (χ1n) is 5.55. The van der Waals surface area contributed by atoms with Gasteiger partial charge in [-0.15, -0.1) is 10.2 Å². The van der Waals surface area contributed by atoms with Gasteiger partial charge in [-0.25, -0.2) is 9.97 Å². The van der Waals surface area contributed by atoms with Crippen LogP contribution in [0.25, 0.3) is 0 Å². The molecule has 0 amide bonds. The summed E-state index contributed by atoms with van der Waals surface area (Å²) in [5.74, 6) is 1.12. The van der Waals surface area contributed by atoms with Crippen LogP contribution in [0.4, 0.5) is 0 Å². The summed E-state index contributed by atoms with van der Waals surface area (Å²) in [6.07, 6.45) is 1.47. The normalized spacial score (nSPS) is 11.2. The van der Waals surface area contributed by atoms with Crippen LogP contribution in [0.2, 0.25) is 5.15 Å². The van der Waals surface area contributed by atoms with Gasteiger partial charge in [-0.1, -0.05) is 25.4 Å². The van der Waals surface area contributed by atoms with Crippen LogP contribution in [0.3, 0.4) is 0 Å². The molecule has 2 aromatic heterocycles. The summed E-state index contributed by atoms with van der Waals surface area (Å²) >= 11 is 7.59. The number of halogens is 1. The first-order valence-corrected chi connectivity index (χ1v) is 6.74. The van der Waals surface area contributed by atoms with E-state index in [9.17, 15) is 0 Å². The van der Waals surface area contributed by atoms with Crippen molar-refractivity contribution in [2.75, 3.05) is 0 Å². The van der Waals surface area contributed by atoms with Crippen LogP contribution in [0.15, 0.2) is 16.5 Å². The van der Waals surface area contributed by atoms with Gasteiger partial charge < -0.3 is 4.57 Å². The Morgan fingerprint density at radius 2 is 2.00 bits per heavy atom. The summed E-state index contributed by atoms with van der Waals surface area (Å²) < 4.78 is 1.92. The molecule has 0 saturated carbocycles. The molecule has 0 aliphatic rings. The highest BCUT2D eigenvalue weighted by molar-refractivity contribution is 7.99. The van der Waals surface area contributed by atoms with Gasteiger partial charge in [0.2, 0.25) is 0 Å². The fourth-order valence-corrected chi connectivity index (χ4v) is 2.96. The van der Waals surface area contributed by atoms with Crippen LogP contribution in [0, 0.1) is 6.92 Å². The molecule has 0 radical (unpaired) electrons. The largest absolute Gasteiger partial charge is 0.309 e. The summed E-state index contributed by atoms with van der Waals surface area (Å²) in [7, 11) is 1.93. The molecule has 0 saturated heterocycles. The summed E-state index contributed by atoms with van der Waals surface area (Å²) in [6, 6.07) is 0. The minimum Gasteiger partial charge on any atom is -0.309 e. The molecule has 0 aromatic carbocycles. The minimum atomic E-state index is 0.260. The van der Waals surface area contributed by atoms with Gasteiger partial charge in [-0.2, -0.15) is 0 Å². The van der Waals surface area contributed by atoms with E-state index < -0.39 is 0 Å². The molecule has 7 heteroatoms. The Balaban J connectivity index is 2.40. The van der Waals surface area contributed by atoms with Crippen molar-refractivity contribution in [1.82, 2.24) is 24.7 Å². The number of aryl methyl sites for hydroxylation is 1. The lowest BCUT2D eigenvalue weighted by Crippen LogP contribution is -2.00. The molecule has 0 bridgehead atoms. The van der Waals surface area contributed by atoms with E-state index in [1.165, 1.54) is 18.1 Å². The molecule has 0 fully saturated rings. The van der Waals surface area contributed by atoms with Gasteiger partial charge in [0.15, 0.2) is 5.16 Å². The summed E-state index contributed by atoms with van der Waals surface area (Å²) in [4.78, 5) is 8.32. The molecule has 2 aromatic rings. The molecule has 5 nitrogen and oxygen atoms in total. The Labute approximate surface area is 115 Å². The van der Waals surface area contributed by atoms with Crippen molar-refractivity contribution in [2.24, 2.45) is 7.05 Å². The van der Waals surface area contributed by atoms with Crippen molar-refractivity contribution in [3.8, 4) is 0 Å². The van der Waals surface area contributed by atoms with Crippen molar-refractivity contribution >= 4 is 23.4 Å². The van der Waals surface area contributed by atoms with E-state index in [2.05, 4.69) is 34.0 Å². The molecule has 0 spiro atoms. The second-order valence-electron chi connectivity index (χ2n) is 4.23. The lowest BCUT2D eigenvalue weighted by Gasteiger charge is -2.11. The molecule has 0 aliphatic carbocycles. The van der Waals surface area contributed by atoms with E-state index in [0.717, 1.165) is 21.6 Å². The van der Waals surface area contributed by atoms with Crippen molar-refractivity contribution in [2.45, 2.75) is 36.9 Å². The quantitative estimate of drug-likeness (QED) is 0.811. The third-order valence-corrected chi connectivity index (χ3v) is 3.97. The average Bonchev–Trinajstić information content (AvgIpc) is 2.60. The molecule has 0 unspecified atom stereocenters. The maximum atomic E-state index is 6.13.